The van der Waals surface area contributed by atoms with Crippen LogP contribution < -0.4 is 0 Å². The summed E-state index contributed by atoms with van der Waals surface area (Å²) >= 11 is 0. The number of rotatable bonds is 1. The predicted octanol–water partition coefficient (Wildman–Crippen LogP) is 2.46. The Morgan fingerprint density at radius 1 is 1.25 bits per heavy atom. The van der Waals surface area contributed by atoms with Gasteiger partial charge in [-0.3, -0.25) is 0 Å². The molecular weight excluding hydrogens is 148 g/mol. The molecule has 0 radical (unpaired) electrons. The highest BCUT2D eigenvalue weighted by atomic mass is 16.5. The number of methoxy groups -OCH3 is 1. The monoisotopic (exact) mass is 166 g/mol. The van der Waals surface area contributed by atoms with Crippen molar-refractivity contribution < 1.29 is 4.74 Å². The van der Waals surface area contributed by atoms with Gasteiger partial charge in [-0.25, -0.2) is 0 Å². The fourth-order valence-electron chi connectivity index (χ4n) is 4.28. The molecule has 3 saturated carbocycles. The molecule has 1 nitrogen and oxygen atoms in total. The zero-order chi connectivity index (χ0) is 8.34. The van der Waals surface area contributed by atoms with Crippen molar-refractivity contribution >= 4 is 0 Å². The molecule has 68 valence electrons. The lowest BCUT2D eigenvalue weighted by Crippen LogP contribution is -2.33. The van der Waals surface area contributed by atoms with E-state index in [0.717, 1.165) is 23.7 Å². The minimum atomic E-state index is 0.251. The van der Waals surface area contributed by atoms with Crippen LogP contribution >= 0.6 is 0 Å². The summed E-state index contributed by atoms with van der Waals surface area (Å²) in [4.78, 5) is 0. The van der Waals surface area contributed by atoms with E-state index in [1.165, 1.54) is 25.7 Å². The highest BCUT2D eigenvalue weighted by Crippen LogP contribution is 2.65. The lowest BCUT2D eigenvalue weighted by Gasteiger charge is -2.37. The van der Waals surface area contributed by atoms with E-state index in [9.17, 15) is 0 Å². The van der Waals surface area contributed by atoms with E-state index < -0.39 is 0 Å². The fraction of sp³-hybridized carbons (Fsp3) is 1.00. The van der Waals surface area contributed by atoms with Crippen LogP contribution in [0, 0.1) is 23.7 Å². The Bertz CT molecular complexity index is 213. The van der Waals surface area contributed by atoms with Gasteiger partial charge in [0.05, 0.1) is 5.60 Å². The highest BCUT2D eigenvalue weighted by Gasteiger charge is 2.61. The molecule has 0 aliphatic heterocycles. The smallest absolute Gasteiger partial charge is 0.0684 e. The predicted molar refractivity (Wildman–Crippen MR) is 47.8 cm³/mol. The molecule has 3 fully saturated rings. The summed E-state index contributed by atoms with van der Waals surface area (Å²) in [6.45, 7) is 2.33. The van der Waals surface area contributed by atoms with E-state index >= 15 is 0 Å². The van der Waals surface area contributed by atoms with Gasteiger partial charge in [-0.2, -0.15) is 0 Å². The van der Waals surface area contributed by atoms with Crippen molar-refractivity contribution in [1.82, 2.24) is 0 Å². The van der Waals surface area contributed by atoms with Crippen LogP contribution in [0.4, 0.5) is 0 Å². The second kappa shape index (κ2) is 2.06. The summed E-state index contributed by atoms with van der Waals surface area (Å²) < 4.78 is 5.71. The van der Waals surface area contributed by atoms with Gasteiger partial charge in [-0.1, -0.05) is 0 Å². The molecule has 0 aromatic rings. The summed E-state index contributed by atoms with van der Waals surface area (Å²) in [6.07, 6.45) is 5.79. The molecular formula is C11H18O. The normalized spacial score (nSPS) is 61.5. The second-order valence-corrected chi connectivity index (χ2v) is 5.24. The molecule has 3 aliphatic rings. The van der Waals surface area contributed by atoms with E-state index in [2.05, 4.69) is 6.92 Å². The van der Waals surface area contributed by atoms with Crippen LogP contribution in [0.1, 0.15) is 32.6 Å². The summed E-state index contributed by atoms with van der Waals surface area (Å²) in [6, 6.07) is 0. The first kappa shape index (κ1) is 7.37. The largest absolute Gasteiger partial charge is 0.378 e. The summed E-state index contributed by atoms with van der Waals surface area (Å²) in [5.41, 5.74) is 0.251. The lowest BCUT2D eigenvalue weighted by atomic mass is 9.68. The first-order valence-electron chi connectivity index (χ1n) is 5.30. The van der Waals surface area contributed by atoms with Crippen molar-refractivity contribution in [2.45, 2.75) is 38.2 Å². The molecule has 12 heavy (non-hydrogen) atoms. The molecule has 1 heteroatoms. The third-order valence-corrected chi connectivity index (χ3v) is 4.93. The average molecular weight is 166 g/mol. The van der Waals surface area contributed by atoms with Crippen molar-refractivity contribution in [2.24, 2.45) is 23.7 Å². The van der Waals surface area contributed by atoms with Crippen molar-refractivity contribution in [3.63, 3.8) is 0 Å². The Balaban J connectivity index is 1.92. The molecule has 3 aliphatic carbocycles. The first-order chi connectivity index (χ1) is 5.74. The van der Waals surface area contributed by atoms with Crippen LogP contribution in [0.3, 0.4) is 0 Å². The van der Waals surface area contributed by atoms with Crippen molar-refractivity contribution in [2.75, 3.05) is 7.11 Å². The maximum Gasteiger partial charge on any atom is 0.0684 e. The van der Waals surface area contributed by atoms with Crippen LogP contribution in [0.25, 0.3) is 0 Å². The SMILES string of the molecule is COC1(C)CC2CC3CCC1C32. The number of ether oxygens (including phenoxy) is 1. The van der Waals surface area contributed by atoms with Crippen LogP contribution in [0.5, 0.6) is 0 Å². The van der Waals surface area contributed by atoms with E-state index in [1.807, 2.05) is 7.11 Å². The van der Waals surface area contributed by atoms with E-state index in [-0.39, 0.29) is 5.60 Å². The standard InChI is InChI=1S/C11H18O/c1-11(12-2)6-8-5-7-3-4-9(11)10(7)8/h7-10H,3-6H2,1-2H3. The van der Waals surface area contributed by atoms with Gasteiger partial charge < -0.3 is 4.74 Å². The summed E-state index contributed by atoms with van der Waals surface area (Å²) in [7, 11) is 1.90. The maximum atomic E-state index is 5.71. The number of hydrogen-bond acceptors (Lipinski definition) is 1. The Morgan fingerprint density at radius 2 is 2.08 bits per heavy atom. The Morgan fingerprint density at radius 3 is 2.83 bits per heavy atom. The topological polar surface area (TPSA) is 9.23 Å². The molecule has 0 aromatic heterocycles. The third kappa shape index (κ3) is 0.654. The van der Waals surface area contributed by atoms with Gasteiger partial charge in [0.25, 0.3) is 0 Å². The van der Waals surface area contributed by atoms with Crippen LogP contribution in [0.15, 0.2) is 0 Å². The molecule has 0 amide bonds. The third-order valence-electron chi connectivity index (χ3n) is 4.93. The van der Waals surface area contributed by atoms with Gasteiger partial charge in [0.15, 0.2) is 0 Å². The van der Waals surface area contributed by atoms with Crippen LogP contribution in [-0.2, 0) is 4.74 Å². The fourth-order valence-corrected chi connectivity index (χ4v) is 4.28. The Kier molecular flexibility index (Phi) is 1.27. The summed E-state index contributed by atoms with van der Waals surface area (Å²) in [5.74, 6) is 4.10. The average Bonchev–Trinajstić information content (AvgIpc) is 2.45. The van der Waals surface area contributed by atoms with Gasteiger partial charge in [-0.05, 0) is 56.3 Å². The zero-order valence-corrected chi connectivity index (χ0v) is 8.05. The van der Waals surface area contributed by atoms with E-state index in [1.54, 1.807) is 0 Å². The molecule has 3 rings (SSSR count). The van der Waals surface area contributed by atoms with Gasteiger partial charge in [0.1, 0.15) is 0 Å². The second-order valence-electron chi connectivity index (χ2n) is 5.24. The molecule has 0 aromatic carbocycles. The maximum absolute atomic E-state index is 5.71. The lowest BCUT2D eigenvalue weighted by molar-refractivity contribution is -0.0289. The molecule has 5 unspecified atom stereocenters. The number of hydrogen-bond donors (Lipinski definition) is 0. The molecule has 0 heterocycles. The van der Waals surface area contributed by atoms with E-state index in [0.29, 0.717) is 0 Å². The minimum absolute atomic E-state index is 0.251. The van der Waals surface area contributed by atoms with E-state index in [4.69, 9.17) is 4.74 Å². The molecule has 5 atom stereocenters. The molecule has 0 spiro atoms. The minimum Gasteiger partial charge on any atom is -0.378 e. The highest BCUT2D eigenvalue weighted by molar-refractivity contribution is 5.11. The van der Waals surface area contributed by atoms with Crippen molar-refractivity contribution in [3.8, 4) is 0 Å². The molecule has 0 saturated heterocycles. The van der Waals surface area contributed by atoms with Crippen LogP contribution in [0.2, 0.25) is 0 Å². The summed E-state index contributed by atoms with van der Waals surface area (Å²) in [5, 5.41) is 0. The zero-order valence-electron chi connectivity index (χ0n) is 8.05. The van der Waals surface area contributed by atoms with Crippen molar-refractivity contribution in [1.29, 1.82) is 0 Å². The molecule has 0 N–H and O–H groups in total. The molecule has 0 bridgehead atoms. The van der Waals surface area contributed by atoms with Gasteiger partial charge in [-0.15, -0.1) is 0 Å². The van der Waals surface area contributed by atoms with Gasteiger partial charge >= 0.3 is 0 Å². The quantitative estimate of drug-likeness (QED) is 0.581. The Labute approximate surface area is 74.5 Å². The Hall–Kier alpha value is -0.0400. The van der Waals surface area contributed by atoms with Crippen LogP contribution in [-0.4, -0.2) is 12.7 Å². The first-order valence-corrected chi connectivity index (χ1v) is 5.30. The van der Waals surface area contributed by atoms with Gasteiger partial charge in [0.2, 0.25) is 0 Å². The van der Waals surface area contributed by atoms with Gasteiger partial charge in [0, 0.05) is 7.11 Å². The van der Waals surface area contributed by atoms with Crippen molar-refractivity contribution in [3.05, 3.63) is 0 Å².